The fourth-order valence-corrected chi connectivity index (χ4v) is 2.33. The van der Waals surface area contributed by atoms with Crippen molar-refractivity contribution >= 4 is 17.5 Å². The van der Waals surface area contributed by atoms with Gasteiger partial charge in [-0.2, -0.15) is 0 Å². The Balaban J connectivity index is 2.12. The summed E-state index contributed by atoms with van der Waals surface area (Å²) in [5, 5.41) is 6.06. The SMILES string of the molecule is Cc1c(NC(=O)[C@H]2CCCCN2)cccc1C(N)=O. The van der Waals surface area contributed by atoms with Crippen molar-refractivity contribution in [3.8, 4) is 0 Å². The van der Waals surface area contributed by atoms with Crippen LogP contribution >= 0.6 is 0 Å². The number of rotatable bonds is 3. The number of hydrogen-bond donors (Lipinski definition) is 3. The first-order valence-corrected chi connectivity index (χ1v) is 6.53. The monoisotopic (exact) mass is 261 g/mol. The van der Waals surface area contributed by atoms with Crippen molar-refractivity contribution in [1.29, 1.82) is 0 Å². The van der Waals surface area contributed by atoms with E-state index in [9.17, 15) is 9.59 Å². The molecule has 0 bridgehead atoms. The molecule has 19 heavy (non-hydrogen) atoms. The zero-order valence-electron chi connectivity index (χ0n) is 11.0. The minimum Gasteiger partial charge on any atom is -0.366 e. The van der Waals surface area contributed by atoms with Crippen LogP contribution in [-0.4, -0.2) is 24.4 Å². The summed E-state index contributed by atoms with van der Waals surface area (Å²) in [5.41, 5.74) is 7.09. The predicted octanol–water partition coefficient (Wildman–Crippen LogP) is 1.17. The first kappa shape index (κ1) is 13.5. The summed E-state index contributed by atoms with van der Waals surface area (Å²) in [6.45, 7) is 2.66. The molecule has 102 valence electrons. The molecular weight excluding hydrogens is 242 g/mol. The van der Waals surface area contributed by atoms with Gasteiger partial charge in [0.15, 0.2) is 0 Å². The van der Waals surface area contributed by atoms with Gasteiger partial charge in [-0.15, -0.1) is 0 Å². The van der Waals surface area contributed by atoms with Gasteiger partial charge in [-0.25, -0.2) is 0 Å². The van der Waals surface area contributed by atoms with Crippen LogP contribution in [0.2, 0.25) is 0 Å². The number of nitrogens with two attached hydrogens (primary N) is 1. The highest BCUT2D eigenvalue weighted by Gasteiger charge is 2.21. The number of piperidine rings is 1. The number of primary amides is 1. The van der Waals surface area contributed by atoms with E-state index < -0.39 is 5.91 Å². The molecule has 2 amide bonds. The third-order valence-electron chi connectivity index (χ3n) is 3.48. The zero-order valence-corrected chi connectivity index (χ0v) is 11.0. The van der Waals surface area contributed by atoms with E-state index in [0.29, 0.717) is 16.8 Å². The van der Waals surface area contributed by atoms with Gasteiger partial charge in [0.2, 0.25) is 11.8 Å². The highest BCUT2D eigenvalue weighted by molar-refractivity contribution is 5.99. The van der Waals surface area contributed by atoms with Crippen LogP contribution in [0.1, 0.15) is 35.2 Å². The standard InChI is InChI=1S/C14H19N3O2/c1-9-10(13(15)18)5-4-7-11(9)17-14(19)12-6-2-3-8-16-12/h4-5,7,12,16H,2-3,6,8H2,1H3,(H2,15,18)(H,17,19)/t12-/m1/s1. The molecule has 1 aliphatic heterocycles. The molecule has 5 heteroatoms. The summed E-state index contributed by atoms with van der Waals surface area (Å²) in [7, 11) is 0. The topological polar surface area (TPSA) is 84.2 Å². The largest absolute Gasteiger partial charge is 0.366 e. The minimum atomic E-state index is -0.482. The van der Waals surface area contributed by atoms with Gasteiger partial charge in [0.25, 0.3) is 0 Å². The Morgan fingerprint density at radius 2 is 2.16 bits per heavy atom. The van der Waals surface area contributed by atoms with Gasteiger partial charge in [0, 0.05) is 11.3 Å². The van der Waals surface area contributed by atoms with Gasteiger partial charge in [-0.1, -0.05) is 12.5 Å². The fourth-order valence-electron chi connectivity index (χ4n) is 2.33. The maximum atomic E-state index is 12.1. The van der Waals surface area contributed by atoms with E-state index in [1.165, 1.54) is 0 Å². The Labute approximate surface area is 112 Å². The van der Waals surface area contributed by atoms with Gasteiger partial charge in [-0.05, 0) is 44.0 Å². The van der Waals surface area contributed by atoms with Gasteiger partial charge in [0.1, 0.15) is 0 Å². The molecule has 0 saturated carbocycles. The lowest BCUT2D eigenvalue weighted by Crippen LogP contribution is -2.43. The number of carbonyl (C=O) groups is 2. The number of amides is 2. The number of benzene rings is 1. The fraction of sp³-hybridized carbons (Fsp3) is 0.429. The Hall–Kier alpha value is -1.88. The Bertz CT molecular complexity index is 493. The van der Waals surface area contributed by atoms with E-state index in [1.54, 1.807) is 25.1 Å². The number of hydrogen-bond acceptors (Lipinski definition) is 3. The molecule has 0 radical (unpaired) electrons. The highest BCUT2D eigenvalue weighted by atomic mass is 16.2. The molecule has 0 spiro atoms. The molecule has 0 unspecified atom stereocenters. The zero-order chi connectivity index (χ0) is 13.8. The highest BCUT2D eigenvalue weighted by Crippen LogP contribution is 2.19. The molecule has 1 heterocycles. The van der Waals surface area contributed by atoms with E-state index in [0.717, 1.165) is 25.8 Å². The molecule has 1 aromatic rings. The van der Waals surface area contributed by atoms with Crippen molar-refractivity contribution in [3.63, 3.8) is 0 Å². The molecule has 1 aromatic carbocycles. The normalized spacial score (nSPS) is 18.9. The van der Waals surface area contributed by atoms with E-state index in [-0.39, 0.29) is 11.9 Å². The third kappa shape index (κ3) is 3.12. The van der Waals surface area contributed by atoms with Crippen LogP contribution in [0.15, 0.2) is 18.2 Å². The van der Waals surface area contributed by atoms with Crippen molar-refractivity contribution in [2.75, 3.05) is 11.9 Å². The molecule has 1 saturated heterocycles. The van der Waals surface area contributed by atoms with Crippen molar-refractivity contribution in [1.82, 2.24) is 5.32 Å². The molecule has 5 nitrogen and oxygen atoms in total. The summed E-state index contributed by atoms with van der Waals surface area (Å²) < 4.78 is 0. The van der Waals surface area contributed by atoms with Crippen LogP contribution in [-0.2, 0) is 4.79 Å². The smallest absolute Gasteiger partial charge is 0.249 e. The maximum absolute atomic E-state index is 12.1. The Morgan fingerprint density at radius 3 is 2.79 bits per heavy atom. The van der Waals surface area contributed by atoms with Crippen LogP contribution < -0.4 is 16.4 Å². The number of anilines is 1. The van der Waals surface area contributed by atoms with Gasteiger partial charge in [-0.3, -0.25) is 9.59 Å². The van der Waals surface area contributed by atoms with Crippen LogP contribution in [0.5, 0.6) is 0 Å². The Kier molecular flexibility index (Phi) is 4.16. The second-order valence-electron chi connectivity index (χ2n) is 4.83. The molecule has 0 aliphatic carbocycles. The van der Waals surface area contributed by atoms with E-state index in [2.05, 4.69) is 10.6 Å². The van der Waals surface area contributed by atoms with Crippen molar-refractivity contribution < 1.29 is 9.59 Å². The van der Waals surface area contributed by atoms with E-state index >= 15 is 0 Å². The van der Waals surface area contributed by atoms with Crippen LogP contribution in [0.3, 0.4) is 0 Å². The molecule has 1 aliphatic rings. The summed E-state index contributed by atoms with van der Waals surface area (Å²) in [4.78, 5) is 23.4. The van der Waals surface area contributed by atoms with E-state index in [4.69, 9.17) is 5.73 Å². The predicted molar refractivity (Wildman–Crippen MR) is 74.0 cm³/mol. The number of carbonyl (C=O) groups excluding carboxylic acids is 2. The second kappa shape index (κ2) is 5.84. The average molecular weight is 261 g/mol. The average Bonchev–Trinajstić information content (AvgIpc) is 2.41. The molecule has 1 fully saturated rings. The minimum absolute atomic E-state index is 0.0515. The number of nitrogens with one attached hydrogen (secondary N) is 2. The quantitative estimate of drug-likeness (QED) is 0.763. The lowest BCUT2D eigenvalue weighted by Gasteiger charge is -2.23. The molecule has 0 aromatic heterocycles. The van der Waals surface area contributed by atoms with Crippen LogP contribution in [0.4, 0.5) is 5.69 Å². The van der Waals surface area contributed by atoms with Crippen molar-refractivity contribution in [2.45, 2.75) is 32.2 Å². The Morgan fingerprint density at radius 1 is 1.37 bits per heavy atom. The third-order valence-corrected chi connectivity index (χ3v) is 3.48. The first-order chi connectivity index (χ1) is 9.09. The summed E-state index contributed by atoms with van der Waals surface area (Å²) >= 11 is 0. The summed E-state index contributed by atoms with van der Waals surface area (Å²) in [5.74, 6) is -0.534. The van der Waals surface area contributed by atoms with Crippen molar-refractivity contribution in [2.24, 2.45) is 5.73 Å². The molecular formula is C14H19N3O2. The lowest BCUT2D eigenvalue weighted by molar-refractivity contribution is -0.118. The lowest BCUT2D eigenvalue weighted by atomic mass is 10.0. The molecule has 2 rings (SSSR count). The van der Waals surface area contributed by atoms with Gasteiger partial charge < -0.3 is 16.4 Å². The second-order valence-corrected chi connectivity index (χ2v) is 4.83. The summed E-state index contributed by atoms with van der Waals surface area (Å²) in [6, 6.07) is 5.01. The van der Waals surface area contributed by atoms with Crippen molar-refractivity contribution in [3.05, 3.63) is 29.3 Å². The van der Waals surface area contributed by atoms with Gasteiger partial charge in [0.05, 0.1) is 6.04 Å². The van der Waals surface area contributed by atoms with Gasteiger partial charge >= 0.3 is 0 Å². The maximum Gasteiger partial charge on any atom is 0.249 e. The van der Waals surface area contributed by atoms with Crippen LogP contribution in [0.25, 0.3) is 0 Å². The summed E-state index contributed by atoms with van der Waals surface area (Å²) in [6.07, 6.45) is 3.02. The first-order valence-electron chi connectivity index (χ1n) is 6.53. The van der Waals surface area contributed by atoms with Crippen LogP contribution in [0, 0.1) is 6.92 Å². The van der Waals surface area contributed by atoms with E-state index in [1.807, 2.05) is 0 Å². The molecule has 1 atom stereocenters. The molecule has 4 N–H and O–H groups in total.